The van der Waals surface area contributed by atoms with Crippen molar-refractivity contribution in [3.05, 3.63) is 34.6 Å². The Morgan fingerprint density at radius 2 is 2.14 bits per heavy atom. The highest BCUT2D eigenvalue weighted by Crippen LogP contribution is 2.24. The van der Waals surface area contributed by atoms with Crippen LogP contribution in [-0.4, -0.2) is 9.97 Å². The Hall–Kier alpha value is -0.970. The van der Waals surface area contributed by atoms with E-state index in [4.69, 9.17) is 17.3 Å². The Morgan fingerprint density at radius 1 is 1.29 bits per heavy atom. The fourth-order valence-electron chi connectivity index (χ4n) is 1.04. The maximum atomic E-state index is 5.68. The van der Waals surface area contributed by atoms with Gasteiger partial charge in [-0.2, -0.15) is 0 Å². The highest BCUT2D eigenvalue weighted by molar-refractivity contribution is 7.15. The van der Waals surface area contributed by atoms with Crippen molar-refractivity contribution in [3.8, 4) is 10.6 Å². The van der Waals surface area contributed by atoms with Gasteiger partial charge < -0.3 is 5.73 Å². The van der Waals surface area contributed by atoms with Gasteiger partial charge in [-0.3, -0.25) is 0 Å². The van der Waals surface area contributed by atoms with E-state index in [1.54, 1.807) is 29.8 Å². The van der Waals surface area contributed by atoms with Gasteiger partial charge in [0.1, 0.15) is 10.2 Å². The third kappa shape index (κ3) is 1.92. The van der Waals surface area contributed by atoms with Crippen LogP contribution in [0, 0.1) is 0 Å². The van der Waals surface area contributed by atoms with E-state index in [1.807, 2.05) is 6.07 Å². The molecule has 0 amide bonds. The predicted octanol–water partition coefficient (Wildman–Crippen LogP) is 2.32. The summed E-state index contributed by atoms with van der Waals surface area (Å²) < 4.78 is 0. The van der Waals surface area contributed by atoms with Crippen molar-refractivity contribution >= 4 is 22.9 Å². The topological polar surface area (TPSA) is 51.8 Å². The molecule has 5 heteroatoms. The lowest BCUT2D eigenvalue weighted by molar-refractivity contribution is 1.10. The Morgan fingerprint density at radius 3 is 2.71 bits per heavy atom. The van der Waals surface area contributed by atoms with E-state index >= 15 is 0 Å². The van der Waals surface area contributed by atoms with E-state index in [0.717, 1.165) is 15.4 Å². The summed E-state index contributed by atoms with van der Waals surface area (Å²) in [6.07, 6.45) is 3.50. The Labute approximate surface area is 90.6 Å². The number of halogens is 1. The summed E-state index contributed by atoms with van der Waals surface area (Å²) in [4.78, 5) is 9.30. The fourth-order valence-corrected chi connectivity index (χ4v) is 1.93. The number of nitrogens with zero attached hydrogens (tertiary/aromatic N) is 2. The first-order chi connectivity index (χ1) is 6.79. The zero-order valence-electron chi connectivity index (χ0n) is 7.27. The van der Waals surface area contributed by atoms with Gasteiger partial charge in [0.2, 0.25) is 0 Å². The summed E-state index contributed by atoms with van der Waals surface area (Å²) in [6.45, 7) is 0.526. The summed E-state index contributed by atoms with van der Waals surface area (Å²) in [5, 5.41) is 1.42. The van der Waals surface area contributed by atoms with Crippen LogP contribution in [-0.2, 0) is 6.54 Å². The van der Waals surface area contributed by atoms with Crippen LogP contribution >= 0.6 is 22.9 Å². The van der Waals surface area contributed by atoms with E-state index in [1.165, 1.54) is 0 Å². The van der Waals surface area contributed by atoms with Crippen molar-refractivity contribution in [3.63, 3.8) is 0 Å². The van der Waals surface area contributed by atoms with Crippen molar-refractivity contribution in [1.82, 2.24) is 9.97 Å². The van der Waals surface area contributed by atoms with E-state index in [2.05, 4.69) is 9.97 Å². The Bertz CT molecular complexity index is 424. The van der Waals surface area contributed by atoms with Crippen molar-refractivity contribution in [2.75, 3.05) is 0 Å². The van der Waals surface area contributed by atoms with Gasteiger partial charge in [-0.05, 0) is 12.1 Å². The molecule has 0 aliphatic rings. The maximum absolute atomic E-state index is 5.68. The molecule has 2 aromatic heterocycles. The quantitative estimate of drug-likeness (QED) is 0.799. The van der Waals surface area contributed by atoms with Gasteiger partial charge in [0.05, 0.1) is 0 Å². The van der Waals surface area contributed by atoms with E-state index < -0.39 is 0 Å². The monoisotopic (exact) mass is 225 g/mol. The van der Waals surface area contributed by atoms with E-state index in [0.29, 0.717) is 11.7 Å². The molecular formula is C9H8ClN3S. The third-order valence-corrected chi connectivity index (χ3v) is 3.02. The standard InChI is InChI=1S/C9H8ClN3S/c10-8-2-1-6(4-12-8)9-13-5-7(3-11)14-9/h1-2,4-5H,3,11H2. The van der Waals surface area contributed by atoms with Crippen LogP contribution in [0.15, 0.2) is 24.5 Å². The number of thiazole rings is 1. The van der Waals surface area contributed by atoms with Gasteiger partial charge in [-0.1, -0.05) is 11.6 Å². The molecule has 0 bridgehead atoms. The van der Waals surface area contributed by atoms with Gasteiger partial charge in [0, 0.05) is 29.4 Å². The SMILES string of the molecule is NCc1cnc(-c2ccc(Cl)nc2)s1. The van der Waals surface area contributed by atoms with E-state index in [-0.39, 0.29) is 0 Å². The summed E-state index contributed by atoms with van der Waals surface area (Å²) >= 11 is 7.26. The molecule has 0 radical (unpaired) electrons. The molecule has 2 heterocycles. The number of hydrogen-bond acceptors (Lipinski definition) is 4. The molecule has 2 rings (SSSR count). The van der Waals surface area contributed by atoms with E-state index in [9.17, 15) is 0 Å². The third-order valence-electron chi connectivity index (χ3n) is 1.73. The largest absolute Gasteiger partial charge is 0.326 e. The molecule has 0 fully saturated rings. The normalized spacial score (nSPS) is 10.4. The second-order valence-electron chi connectivity index (χ2n) is 2.71. The molecule has 14 heavy (non-hydrogen) atoms. The molecule has 2 aromatic rings. The first kappa shape index (κ1) is 9.58. The minimum atomic E-state index is 0.490. The van der Waals surface area contributed by atoms with Gasteiger partial charge in [-0.15, -0.1) is 11.3 Å². The molecule has 0 saturated heterocycles. The lowest BCUT2D eigenvalue weighted by Crippen LogP contribution is -1.91. The number of rotatable bonds is 2. The number of pyridine rings is 1. The maximum Gasteiger partial charge on any atom is 0.129 e. The van der Waals surface area contributed by atoms with Gasteiger partial charge in [-0.25, -0.2) is 9.97 Å². The summed E-state index contributed by atoms with van der Waals surface area (Å²) in [6, 6.07) is 3.65. The number of aromatic nitrogens is 2. The number of hydrogen-bond donors (Lipinski definition) is 1. The zero-order valence-corrected chi connectivity index (χ0v) is 8.85. The van der Waals surface area contributed by atoms with Crippen LogP contribution in [0.3, 0.4) is 0 Å². The zero-order chi connectivity index (χ0) is 9.97. The first-order valence-electron chi connectivity index (χ1n) is 4.06. The Balaban J connectivity index is 2.34. The minimum absolute atomic E-state index is 0.490. The number of nitrogens with two attached hydrogens (primary N) is 1. The van der Waals surface area contributed by atoms with Crippen LogP contribution in [0.25, 0.3) is 10.6 Å². The summed E-state index contributed by atoms with van der Waals surface area (Å²) in [5.41, 5.74) is 6.47. The smallest absolute Gasteiger partial charge is 0.129 e. The minimum Gasteiger partial charge on any atom is -0.326 e. The van der Waals surface area contributed by atoms with Crippen LogP contribution in [0.5, 0.6) is 0 Å². The second kappa shape index (κ2) is 4.04. The fraction of sp³-hybridized carbons (Fsp3) is 0.111. The first-order valence-corrected chi connectivity index (χ1v) is 5.26. The summed E-state index contributed by atoms with van der Waals surface area (Å²) in [7, 11) is 0. The highest BCUT2D eigenvalue weighted by atomic mass is 35.5. The van der Waals surface area contributed by atoms with Gasteiger partial charge in [0.25, 0.3) is 0 Å². The molecule has 72 valence electrons. The lowest BCUT2D eigenvalue weighted by Gasteiger charge is -1.94. The van der Waals surface area contributed by atoms with Crippen molar-refractivity contribution < 1.29 is 0 Å². The van der Waals surface area contributed by atoms with Crippen LogP contribution in [0.2, 0.25) is 5.15 Å². The molecule has 0 aliphatic carbocycles. The van der Waals surface area contributed by atoms with Crippen LogP contribution in [0.1, 0.15) is 4.88 Å². The second-order valence-corrected chi connectivity index (χ2v) is 4.21. The van der Waals surface area contributed by atoms with Crippen molar-refractivity contribution in [1.29, 1.82) is 0 Å². The lowest BCUT2D eigenvalue weighted by atomic mass is 10.3. The predicted molar refractivity (Wildman–Crippen MR) is 58.2 cm³/mol. The van der Waals surface area contributed by atoms with Gasteiger partial charge >= 0.3 is 0 Å². The molecule has 0 atom stereocenters. The average Bonchev–Trinajstić information content (AvgIpc) is 2.67. The molecule has 0 saturated carbocycles. The van der Waals surface area contributed by atoms with Crippen LogP contribution in [0.4, 0.5) is 0 Å². The van der Waals surface area contributed by atoms with Crippen molar-refractivity contribution in [2.45, 2.75) is 6.54 Å². The average molecular weight is 226 g/mol. The molecule has 2 N–H and O–H groups in total. The molecule has 0 aromatic carbocycles. The molecular weight excluding hydrogens is 218 g/mol. The van der Waals surface area contributed by atoms with Crippen LogP contribution < -0.4 is 5.73 Å². The molecule has 0 aliphatic heterocycles. The van der Waals surface area contributed by atoms with Gasteiger partial charge in [0.15, 0.2) is 0 Å². The summed E-state index contributed by atoms with van der Waals surface area (Å²) in [5.74, 6) is 0. The van der Waals surface area contributed by atoms with Crippen molar-refractivity contribution in [2.24, 2.45) is 5.73 Å². The molecule has 3 nitrogen and oxygen atoms in total. The molecule has 0 spiro atoms. The molecule has 0 unspecified atom stereocenters. The highest BCUT2D eigenvalue weighted by Gasteiger charge is 2.03. The Kier molecular flexibility index (Phi) is 2.77.